The van der Waals surface area contributed by atoms with Gasteiger partial charge in [-0.3, -0.25) is 0 Å². The number of benzene rings is 1. The number of likely N-dealkylation sites (tertiary alicyclic amines) is 1. The van der Waals surface area contributed by atoms with Gasteiger partial charge in [0.1, 0.15) is 11.6 Å². The first-order chi connectivity index (χ1) is 10.1. The quantitative estimate of drug-likeness (QED) is 0.878. The Bertz CT molecular complexity index is 496. The number of carbonyl (C=O) groups excluding carboxylic acids is 1. The van der Waals surface area contributed by atoms with E-state index < -0.39 is 17.7 Å². The molecular weight excluding hydrogens is 276 g/mol. The second kappa shape index (κ2) is 7.36. The van der Waals surface area contributed by atoms with Crippen LogP contribution in [-0.4, -0.2) is 37.1 Å². The number of rotatable bonds is 5. The number of nitrogens with one attached hydrogen (secondary N) is 2. The fourth-order valence-electron chi connectivity index (χ4n) is 2.59. The molecule has 1 atom stereocenters. The van der Waals surface area contributed by atoms with Crippen LogP contribution >= 0.6 is 0 Å². The van der Waals surface area contributed by atoms with Gasteiger partial charge in [0.25, 0.3) is 0 Å². The number of hydrogen-bond acceptors (Lipinski definition) is 2. The van der Waals surface area contributed by atoms with E-state index in [2.05, 4.69) is 22.5 Å². The Morgan fingerprint density at radius 3 is 2.95 bits per heavy atom. The van der Waals surface area contributed by atoms with Gasteiger partial charge in [0, 0.05) is 19.2 Å². The third-order valence-corrected chi connectivity index (χ3v) is 3.64. The summed E-state index contributed by atoms with van der Waals surface area (Å²) in [6.45, 7) is 5.85. The van der Waals surface area contributed by atoms with Crippen LogP contribution in [0, 0.1) is 17.6 Å². The molecular formula is C15H21F2N3O. The number of nitrogens with zero attached hydrogens (tertiary/aromatic N) is 1. The van der Waals surface area contributed by atoms with E-state index in [-0.39, 0.29) is 5.69 Å². The van der Waals surface area contributed by atoms with Gasteiger partial charge < -0.3 is 15.5 Å². The molecule has 1 aliphatic rings. The Morgan fingerprint density at radius 1 is 1.43 bits per heavy atom. The largest absolute Gasteiger partial charge is 0.338 e. The molecule has 4 nitrogen and oxygen atoms in total. The highest BCUT2D eigenvalue weighted by atomic mass is 19.1. The molecule has 2 N–H and O–H groups in total. The Hall–Kier alpha value is -1.69. The van der Waals surface area contributed by atoms with Crippen molar-refractivity contribution >= 4 is 11.7 Å². The minimum atomic E-state index is -0.778. The fraction of sp³-hybridized carbons (Fsp3) is 0.533. The third-order valence-electron chi connectivity index (χ3n) is 3.64. The van der Waals surface area contributed by atoms with Gasteiger partial charge in [0.15, 0.2) is 0 Å². The number of carbonyl (C=O) groups is 1. The number of halogens is 2. The third kappa shape index (κ3) is 4.67. The smallest absolute Gasteiger partial charge is 0.319 e. The van der Waals surface area contributed by atoms with Gasteiger partial charge in [0.05, 0.1) is 5.69 Å². The summed E-state index contributed by atoms with van der Waals surface area (Å²) in [5.41, 5.74) is -0.0204. The molecule has 21 heavy (non-hydrogen) atoms. The van der Waals surface area contributed by atoms with Crippen LogP contribution < -0.4 is 10.6 Å². The van der Waals surface area contributed by atoms with E-state index in [9.17, 15) is 13.6 Å². The zero-order valence-corrected chi connectivity index (χ0v) is 12.2. The maximum absolute atomic E-state index is 13.4. The van der Waals surface area contributed by atoms with Crippen molar-refractivity contribution < 1.29 is 13.6 Å². The minimum Gasteiger partial charge on any atom is -0.338 e. The normalized spacial score (nSPS) is 18.7. The SMILES string of the molecule is CCCN1CC[C@@H](CNC(=O)Nc2ccc(F)cc2F)C1. The van der Waals surface area contributed by atoms with E-state index in [1.807, 2.05) is 0 Å². The van der Waals surface area contributed by atoms with E-state index >= 15 is 0 Å². The molecule has 0 saturated carbocycles. The predicted molar refractivity (Wildman–Crippen MR) is 78.2 cm³/mol. The minimum absolute atomic E-state index is 0.0204. The molecule has 0 spiro atoms. The molecule has 1 saturated heterocycles. The van der Waals surface area contributed by atoms with Gasteiger partial charge in [-0.15, -0.1) is 0 Å². The highest BCUT2D eigenvalue weighted by Crippen LogP contribution is 2.16. The number of urea groups is 1. The average molecular weight is 297 g/mol. The van der Waals surface area contributed by atoms with E-state index in [4.69, 9.17) is 0 Å². The van der Waals surface area contributed by atoms with Crippen LogP contribution in [-0.2, 0) is 0 Å². The van der Waals surface area contributed by atoms with Crippen molar-refractivity contribution in [2.24, 2.45) is 5.92 Å². The summed E-state index contributed by atoms with van der Waals surface area (Å²) in [6.07, 6.45) is 2.19. The molecule has 0 radical (unpaired) electrons. The van der Waals surface area contributed by atoms with Crippen LogP contribution in [0.25, 0.3) is 0 Å². The molecule has 1 aromatic carbocycles. The first kappa shape index (κ1) is 15.7. The zero-order chi connectivity index (χ0) is 15.2. The first-order valence-electron chi connectivity index (χ1n) is 7.30. The van der Waals surface area contributed by atoms with Crippen LogP contribution in [0.4, 0.5) is 19.3 Å². The molecule has 2 amide bonds. The van der Waals surface area contributed by atoms with Crippen molar-refractivity contribution in [2.75, 3.05) is 31.5 Å². The van der Waals surface area contributed by atoms with Crippen molar-refractivity contribution in [3.8, 4) is 0 Å². The lowest BCUT2D eigenvalue weighted by atomic mass is 10.1. The molecule has 1 aromatic rings. The number of amides is 2. The van der Waals surface area contributed by atoms with Crippen LogP contribution in [0.5, 0.6) is 0 Å². The Morgan fingerprint density at radius 2 is 2.24 bits per heavy atom. The summed E-state index contributed by atoms with van der Waals surface area (Å²) in [4.78, 5) is 14.1. The molecule has 2 rings (SSSR count). The Labute approximate surface area is 123 Å². The van der Waals surface area contributed by atoms with Gasteiger partial charge in [-0.1, -0.05) is 6.92 Å². The molecule has 0 unspecified atom stereocenters. The van der Waals surface area contributed by atoms with Crippen molar-refractivity contribution in [1.29, 1.82) is 0 Å². The van der Waals surface area contributed by atoms with Crippen LogP contribution in [0.3, 0.4) is 0 Å². The molecule has 1 heterocycles. The van der Waals surface area contributed by atoms with Crippen molar-refractivity contribution in [3.63, 3.8) is 0 Å². The van der Waals surface area contributed by atoms with E-state index in [1.54, 1.807) is 0 Å². The second-order valence-electron chi connectivity index (χ2n) is 5.41. The maximum atomic E-state index is 13.4. The van der Waals surface area contributed by atoms with Gasteiger partial charge in [-0.2, -0.15) is 0 Å². The van der Waals surface area contributed by atoms with Crippen molar-refractivity contribution in [1.82, 2.24) is 10.2 Å². The lowest BCUT2D eigenvalue weighted by molar-refractivity contribution is 0.249. The van der Waals surface area contributed by atoms with Gasteiger partial charge in [-0.05, 0) is 44.0 Å². The highest BCUT2D eigenvalue weighted by molar-refractivity contribution is 5.89. The standard InChI is InChI=1S/C15H21F2N3O/c1-2-6-20-7-5-11(10-20)9-18-15(21)19-14-4-3-12(16)8-13(14)17/h3-4,8,11H,2,5-7,9-10H2,1H3,(H2,18,19,21)/t11-/m0/s1. The van der Waals surface area contributed by atoms with Crippen LogP contribution in [0.2, 0.25) is 0 Å². The lowest BCUT2D eigenvalue weighted by Gasteiger charge is -2.15. The number of hydrogen-bond donors (Lipinski definition) is 2. The second-order valence-corrected chi connectivity index (χ2v) is 5.41. The summed E-state index contributed by atoms with van der Waals surface area (Å²) in [5, 5.41) is 5.13. The van der Waals surface area contributed by atoms with Crippen molar-refractivity contribution in [2.45, 2.75) is 19.8 Å². The molecule has 6 heteroatoms. The van der Waals surface area contributed by atoms with E-state index in [0.29, 0.717) is 12.5 Å². The summed E-state index contributed by atoms with van der Waals surface area (Å²) >= 11 is 0. The van der Waals surface area contributed by atoms with Gasteiger partial charge in [-0.25, -0.2) is 13.6 Å². The van der Waals surface area contributed by atoms with Crippen LogP contribution in [0.1, 0.15) is 19.8 Å². The predicted octanol–water partition coefficient (Wildman–Crippen LogP) is 2.82. The molecule has 0 aromatic heterocycles. The van der Waals surface area contributed by atoms with Gasteiger partial charge >= 0.3 is 6.03 Å². The molecule has 1 fully saturated rings. The molecule has 0 aliphatic carbocycles. The first-order valence-corrected chi connectivity index (χ1v) is 7.30. The summed E-state index contributed by atoms with van der Waals surface area (Å²) < 4.78 is 26.2. The van der Waals surface area contributed by atoms with Crippen molar-refractivity contribution in [3.05, 3.63) is 29.8 Å². The topological polar surface area (TPSA) is 44.4 Å². The Balaban J connectivity index is 1.75. The summed E-state index contributed by atoms with van der Waals surface area (Å²) in [7, 11) is 0. The van der Waals surface area contributed by atoms with Crippen LogP contribution in [0.15, 0.2) is 18.2 Å². The molecule has 1 aliphatic heterocycles. The molecule has 116 valence electrons. The molecule has 0 bridgehead atoms. The lowest BCUT2D eigenvalue weighted by Crippen LogP contribution is -2.34. The maximum Gasteiger partial charge on any atom is 0.319 e. The van der Waals surface area contributed by atoms with Gasteiger partial charge in [0.2, 0.25) is 0 Å². The summed E-state index contributed by atoms with van der Waals surface area (Å²) in [5.74, 6) is -1.01. The van der Waals surface area contributed by atoms with E-state index in [0.717, 1.165) is 44.6 Å². The van der Waals surface area contributed by atoms with E-state index in [1.165, 1.54) is 6.07 Å². The zero-order valence-electron chi connectivity index (χ0n) is 12.2. The Kier molecular flexibility index (Phi) is 5.50. The summed E-state index contributed by atoms with van der Waals surface area (Å²) in [6, 6.07) is 2.60. The fourth-order valence-corrected chi connectivity index (χ4v) is 2.59. The average Bonchev–Trinajstić information content (AvgIpc) is 2.88. The highest BCUT2D eigenvalue weighted by Gasteiger charge is 2.22. The monoisotopic (exact) mass is 297 g/mol. The number of anilines is 1.